The van der Waals surface area contributed by atoms with Gasteiger partial charge in [0, 0.05) is 18.7 Å². The van der Waals surface area contributed by atoms with E-state index in [9.17, 15) is 23.3 Å². The van der Waals surface area contributed by atoms with Gasteiger partial charge in [-0.05, 0) is 18.9 Å². The number of nitro groups is 1. The average Bonchev–Trinajstić information content (AvgIpc) is 2.94. The van der Waals surface area contributed by atoms with Crippen molar-refractivity contribution < 1.29 is 22.9 Å². The van der Waals surface area contributed by atoms with Crippen molar-refractivity contribution >= 4 is 21.6 Å². The second-order valence-corrected chi connectivity index (χ2v) is 6.60. The molecule has 1 saturated heterocycles. The molecular weight excluding hydrogens is 314 g/mol. The van der Waals surface area contributed by atoms with Crippen LogP contribution >= 0.6 is 0 Å². The van der Waals surface area contributed by atoms with Crippen molar-refractivity contribution in [3.63, 3.8) is 0 Å². The van der Waals surface area contributed by atoms with Gasteiger partial charge < -0.3 is 10.5 Å². The number of nitrogens with two attached hydrogens (primary N) is 1. The third-order valence-electron chi connectivity index (χ3n) is 3.26. The summed E-state index contributed by atoms with van der Waals surface area (Å²) in [5.41, 5.74) is 4.80. The van der Waals surface area contributed by atoms with E-state index in [2.05, 4.69) is 4.72 Å². The summed E-state index contributed by atoms with van der Waals surface area (Å²) in [5, 5.41) is 10.7. The molecule has 1 aromatic rings. The predicted molar refractivity (Wildman–Crippen MR) is 75.4 cm³/mol. The molecule has 1 aliphatic heterocycles. The number of carbonyl (C=O) groups is 1. The third-order valence-corrected chi connectivity index (χ3v) is 4.69. The Labute approximate surface area is 126 Å². The Balaban J connectivity index is 2.01. The summed E-state index contributed by atoms with van der Waals surface area (Å²) in [4.78, 5) is 20.8. The van der Waals surface area contributed by atoms with E-state index in [-0.39, 0.29) is 17.1 Å². The minimum absolute atomic E-state index is 0.0329. The normalized spacial score (nSPS) is 21.6. The number of carbonyl (C=O) groups excluding carboxylic acids is 1. The van der Waals surface area contributed by atoms with E-state index >= 15 is 0 Å². The van der Waals surface area contributed by atoms with Crippen molar-refractivity contribution in [2.24, 2.45) is 5.73 Å². The van der Waals surface area contributed by atoms with Crippen molar-refractivity contribution in [2.75, 3.05) is 6.54 Å². The minimum atomic E-state index is -3.89. The molecule has 0 bridgehead atoms. The zero-order chi connectivity index (χ0) is 16.3. The number of nitro benzene ring substituents is 1. The molecule has 0 spiro atoms. The number of amides is 1. The third kappa shape index (κ3) is 3.78. The van der Waals surface area contributed by atoms with Crippen molar-refractivity contribution in [3.8, 4) is 0 Å². The molecule has 1 heterocycles. The fourth-order valence-electron chi connectivity index (χ4n) is 2.12. The van der Waals surface area contributed by atoms with E-state index in [1.54, 1.807) is 0 Å². The van der Waals surface area contributed by atoms with Gasteiger partial charge in [-0.25, -0.2) is 13.1 Å². The van der Waals surface area contributed by atoms with Crippen LogP contribution in [0.3, 0.4) is 0 Å². The van der Waals surface area contributed by atoms with E-state index in [4.69, 9.17) is 10.5 Å². The molecule has 9 nitrogen and oxygen atoms in total. The number of hydrogen-bond donors (Lipinski definition) is 2. The Morgan fingerprint density at radius 3 is 2.77 bits per heavy atom. The summed E-state index contributed by atoms with van der Waals surface area (Å²) >= 11 is 0. The number of non-ortho nitro benzene ring substituents is 1. The van der Waals surface area contributed by atoms with Crippen LogP contribution in [-0.2, 0) is 19.6 Å². The number of nitrogens with zero attached hydrogens (tertiary/aromatic N) is 1. The molecule has 0 saturated carbocycles. The topological polar surface area (TPSA) is 142 Å². The molecule has 2 atom stereocenters. The Bertz CT molecular complexity index is 690. The van der Waals surface area contributed by atoms with Crippen LogP contribution in [0.5, 0.6) is 0 Å². The number of ether oxygens (including phenoxy) is 1. The van der Waals surface area contributed by atoms with Gasteiger partial charge in [0.15, 0.2) is 0 Å². The molecule has 1 amide bonds. The molecule has 0 radical (unpaired) electrons. The van der Waals surface area contributed by atoms with Crippen LogP contribution in [0.25, 0.3) is 0 Å². The highest BCUT2D eigenvalue weighted by Gasteiger charge is 2.30. The van der Waals surface area contributed by atoms with Gasteiger partial charge in [0.25, 0.3) is 5.69 Å². The van der Waals surface area contributed by atoms with Gasteiger partial charge in [-0.3, -0.25) is 14.9 Å². The van der Waals surface area contributed by atoms with Gasteiger partial charge in [0.1, 0.15) is 6.10 Å². The standard InChI is InChI=1S/C12H15N3O6S/c13-12(16)11-5-4-9(21-11)7-14-22(19,20)10-3-1-2-8(6-10)15(17)18/h1-3,6,9,11,14H,4-5,7H2,(H2,13,16). The Morgan fingerprint density at radius 2 is 2.18 bits per heavy atom. The van der Waals surface area contributed by atoms with Gasteiger partial charge in [0.05, 0.1) is 15.9 Å². The van der Waals surface area contributed by atoms with Gasteiger partial charge in [-0.2, -0.15) is 0 Å². The summed E-state index contributed by atoms with van der Waals surface area (Å²) in [5.74, 6) is -0.580. The van der Waals surface area contributed by atoms with E-state index in [0.29, 0.717) is 12.8 Å². The lowest BCUT2D eigenvalue weighted by molar-refractivity contribution is -0.385. The highest BCUT2D eigenvalue weighted by molar-refractivity contribution is 7.89. The Morgan fingerprint density at radius 1 is 1.45 bits per heavy atom. The summed E-state index contributed by atoms with van der Waals surface area (Å²) in [7, 11) is -3.89. The zero-order valence-electron chi connectivity index (χ0n) is 11.5. The van der Waals surface area contributed by atoms with Crippen LogP contribution in [0.1, 0.15) is 12.8 Å². The van der Waals surface area contributed by atoms with Crippen molar-refractivity contribution in [3.05, 3.63) is 34.4 Å². The SMILES string of the molecule is NC(=O)C1CCC(CNS(=O)(=O)c2cccc([N+](=O)[O-])c2)O1. The highest BCUT2D eigenvalue weighted by Crippen LogP contribution is 2.20. The highest BCUT2D eigenvalue weighted by atomic mass is 32.2. The first-order chi connectivity index (χ1) is 10.3. The molecule has 1 aromatic carbocycles. The van der Waals surface area contributed by atoms with Crippen molar-refractivity contribution in [1.82, 2.24) is 4.72 Å². The average molecular weight is 329 g/mol. The molecule has 120 valence electrons. The van der Waals surface area contributed by atoms with Crippen LogP contribution in [0, 0.1) is 10.1 Å². The first-order valence-corrected chi connectivity index (χ1v) is 7.97. The second kappa shape index (κ2) is 6.38. The summed E-state index contributed by atoms with van der Waals surface area (Å²) < 4.78 is 31.8. The molecule has 1 fully saturated rings. The number of benzene rings is 1. The number of nitrogens with one attached hydrogen (secondary N) is 1. The zero-order valence-corrected chi connectivity index (χ0v) is 12.3. The molecule has 2 rings (SSSR count). The van der Waals surface area contributed by atoms with Crippen molar-refractivity contribution in [2.45, 2.75) is 29.9 Å². The lowest BCUT2D eigenvalue weighted by Gasteiger charge is -2.13. The van der Waals surface area contributed by atoms with Crippen LogP contribution in [0.2, 0.25) is 0 Å². The van der Waals surface area contributed by atoms with Gasteiger partial charge in [0.2, 0.25) is 15.9 Å². The fourth-order valence-corrected chi connectivity index (χ4v) is 3.22. The molecule has 0 aromatic heterocycles. The Kier molecular flexibility index (Phi) is 4.74. The van der Waals surface area contributed by atoms with Crippen LogP contribution < -0.4 is 10.5 Å². The maximum absolute atomic E-state index is 12.1. The summed E-state index contributed by atoms with van der Waals surface area (Å²) in [6.45, 7) is -0.0329. The smallest absolute Gasteiger partial charge is 0.270 e. The predicted octanol–water partition coefficient (Wildman–Crippen LogP) is -0.0940. The van der Waals surface area contributed by atoms with E-state index in [1.807, 2.05) is 0 Å². The lowest BCUT2D eigenvalue weighted by Crippen LogP contribution is -2.34. The quantitative estimate of drug-likeness (QED) is 0.551. The second-order valence-electron chi connectivity index (χ2n) is 4.83. The molecule has 10 heteroatoms. The van der Waals surface area contributed by atoms with E-state index in [0.717, 1.165) is 6.07 Å². The number of sulfonamides is 1. The fraction of sp³-hybridized carbons (Fsp3) is 0.417. The lowest BCUT2D eigenvalue weighted by atomic mass is 10.2. The molecule has 22 heavy (non-hydrogen) atoms. The van der Waals surface area contributed by atoms with E-state index < -0.39 is 33.1 Å². The Hall–Kier alpha value is -2.04. The molecule has 3 N–H and O–H groups in total. The number of primary amides is 1. The van der Waals surface area contributed by atoms with Gasteiger partial charge in [-0.1, -0.05) is 6.07 Å². The monoisotopic (exact) mass is 329 g/mol. The molecular formula is C12H15N3O6S. The number of hydrogen-bond acceptors (Lipinski definition) is 6. The van der Waals surface area contributed by atoms with Crippen molar-refractivity contribution in [1.29, 1.82) is 0 Å². The van der Waals surface area contributed by atoms with Crippen LogP contribution in [0.15, 0.2) is 29.2 Å². The summed E-state index contributed by atoms with van der Waals surface area (Å²) in [6.07, 6.45) is -0.206. The van der Waals surface area contributed by atoms with Crippen LogP contribution in [0.4, 0.5) is 5.69 Å². The van der Waals surface area contributed by atoms with Gasteiger partial charge in [-0.15, -0.1) is 0 Å². The van der Waals surface area contributed by atoms with Crippen LogP contribution in [-0.4, -0.2) is 38.0 Å². The molecule has 0 aliphatic carbocycles. The maximum Gasteiger partial charge on any atom is 0.270 e. The summed E-state index contributed by atoms with van der Waals surface area (Å²) in [6, 6.07) is 4.74. The minimum Gasteiger partial charge on any atom is -0.367 e. The van der Waals surface area contributed by atoms with Gasteiger partial charge >= 0.3 is 0 Å². The molecule has 1 aliphatic rings. The maximum atomic E-state index is 12.1. The first kappa shape index (κ1) is 16.3. The number of rotatable bonds is 6. The molecule has 2 unspecified atom stereocenters. The van der Waals surface area contributed by atoms with E-state index in [1.165, 1.54) is 18.2 Å². The first-order valence-electron chi connectivity index (χ1n) is 6.48. The largest absolute Gasteiger partial charge is 0.367 e.